The number of rotatable bonds is 9. The number of carbonyl (C=O) groups excluding carboxylic acids is 2. The van der Waals surface area contributed by atoms with Gasteiger partial charge in [0.1, 0.15) is 23.2 Å². The molecule has 0 fully saturated rings. The van der Waals surface area contributed by atoms with Crippen molar-refractivity contribution in [2.75, 3.05) is 0 Å². The second-order valence-corrected chi connectivity index (χ2v) is 11.4. The zero-order chi connectivity index (χ0) is 31.9. The summed E-state index contributed by atoms with van der Waals surface area (Å²) in [7, 11) is -3.94. The van der Waals surface area contributed by atoms with Gasteiger partial charge in [-0.2, -0.15) is 0 Å². The molecule has 228 valence electrons. The lowest BCUT2D eigenvalue weighted by Gasteiger charge is -2.28. The van der Waals surface area contributed by atoms with Crippen LogP contribution in [0.25, 0.3) is 11.1 Å². The van der Waals surface area contributed by atoms with Crippen LogP contribution in [0.1, 0.15) is 31.4 Å². The lowest BCUT2D eigenvalue weighted by atomic mass is 10.1. The molecule has 1 unspecified atom stereocenters. The fourth-order valence-electron chi connectivity index (χ4n) is 4.27. The third-order valence-corrected chi connectivity index (χ3v) is 7.71. The molecule has 0 radical (unpaired) electrons. The molecule has 0 aliphatic carbocycles. The van der Waals surface area contributed by atoms with Crippen LogP contribution in [0, 0.1) is 11.2 Å². The molecule has 0 saturated carbocycles. The number of amidine groups is 1. The van der Waals surface area contributed by atoms with Crippen molar-refractivity contribution in [1.82, 2.24) is 10.2 Å². The maximum Gasteiger partial charge on any atom is 0.418 e. The number of nitrogens with two attached hydrogens (primary N) is 1. The Kier molecular flexibility index (Phi) is 10.1. The SMILES string of the molecule is CCC(C)N(Cc1cccc(C(=N)NC(=O)Oc2ccc(F)cc2)c1)C(=O)Oc1ccc(-c2ccccc2S(N)(=O)=O)cc1. The van der Waals surface area contributed by atoms with Crippen molar-refractivity contribution in [3.05, 3.63) is 114 Å². The van der Waals surface area contributed by atoms with Crippen LogP contribution in [0.15, 0.2) is 102 Å². The van der Waals surface area contributed by atoms with Crippen LogP contribution < -0.4 is 19.9 Å². The van der Waals surface area contributed by atoms with Crippen molar-refractivity contribution in [3.63, 3.8) is 0 Å². The number of primary sulfonamides is 1. The summed E-state index contributed by atoms with van der Waals surface area (Å²) in [6.45, 7) is 3.98. The minimum Gasteiger partial charge on any atom is -0.410 e. The van der Waals surface area contributed by atoms with Crippen LogP contribution in [0.3, 0.4) is 0 Å². The second kappa shape index (κ2) is 13.9. The number of halogens is 1. The first kappa shape index (κ1) is 31.9. The molecule has 4 rings (SSSR count). The summed E-state index contributed by atoms with van der Waals surface area (Å²) in [6.07, 6.45) is -0.862. The van der Waals surface area contributed by atoms with E-state index in [1.807, 2.05) is 13.8 Å². The number of nitrogens with zero attached hydrogens (tertiary/aromatic N) is 1. The fraction of sp³-hybridized carbons (Fsp3) is 0.156. The number of hydrogen-bond acceptors (Lipinski definition) is 7. The summed E-state index contributed by atoms with van der Waals surface area (Å²) in [5.74, 6) is -0.309. The molecule has 4 aromatic carbocycles. The number of ether oxygens (including phenoxy) is 2. The van der Waals surface area contributed by atoms with Crippen LogP contribution in [0.5, 0.6) is 11.5 Å². The Morgan fingerprint density at radius 2 is 1.57 bits per heavy atom. The van der Waals surface area contributed by atoms with Gasteiger partial charge in [-0.15, -0.1) is 0 Å². The molecule has 4 aromatic rings. The summed E-state index contributed by atoms with van der Waals surface area (Å²) in [6, 6.07) is 24.3. The van der Waals surface area contributed by atoms with Gasteiger partial charge in [0, 0.05) is 23.7 Å². The number of hydrogen-bond donors (Lipinski definition) is 3. The van der Waals surface area contributed by atoms with Crippen LogP contribution in [-0.2, 0) is 16.6 Å². The summed E-state index contributed by atoms with van der Waals surface area (Å²) in [5, 5.41) is 16.0. The van der Waals surface area contributed by atoms with Gasteiger partial charge in [-0.1, -0.05) is 55.5 Å². The molecule has 0 saturated heterocycles. The molecule has 44 heavy (non-hydrogen) atoms. The first-order valence-corrected chi connectivity index (χ1v) is 15.1. The van der Waals surface area contributed by atoms with Gasteiger partial charge in [-0.05, 0) is 73.0 Å². The third kappa shape index (κ3) is 8.27. The molecule has 0 aliphatic heterocycles. The van der Waals surface area contributed by atoms with Crippen LogP contribution in [0.2, 0.25) is 0 Å². The fourth-order valence-corrected chi connectivity index (χ4v) is 5.03. The highest BCUT2D eigenvalue weighted by Crippen LogP contribution is 2.28. The van der Waals surface area contributed by atoms with E-state index in [0.717, 1.165) is 12.1 Å². The monoisotopic (exact) mass is 618 g/mol. The van der Waals surface area contributed by atoms with Gasteiger partial charge in [0.25, 0.3) is 0 Å². The summed E-state index contributed by atoms with van der Waals surface area (Å²) in [5.41, 5.74) is 2.08. The third-order valence-electron chi connectivity index (χ3n) is 6.74. The first-order valence-electron chi connectivity index (χ1n) is 13.6. The molecule has 0 aliphatic rings. The molecule has 2 amide bonds. The van der Waals surface area contributed by atoms with Crippen molar-refractivity contribution in [2.45, 2.75) is 37.8 Å². The topological polar surface area (TPSA) is 152 Å². The van der Waals surface area contributed by atoms with E-state index in [1.54, 1.807) is 71.6 Å². The van der Waals surface area contributed by atoms with Gasteiger partial charge >= 0.3 is 12.2 Å². The van der Waals surface area contributed by atoms with Crippen molar-refractivity contribution >= 4 is 28.0 Å². The number of carbonyl (C=O) groups is 2. The summed E-state index contributed by atoms with van der Waals surface area (Å²) in [4.78, 5) is 27.0. The van der Waals surface area contributed by atoms with Gasteiger partial charge < -0.3 is 14.4 Å². The summed E-state index contributed by atoms with van der Waals surface area (Å²) < 4.78 is 47.8. The van der Waals surface area contributed by atoms with Gasteiger partial charge in [-0.3, -0.25) is 10.7 Å². The molecule has 0 spiro atoms. The van der Waals surface area contributed by atoms with E-state index in [9.17, 15) is 22.4 Å². The van der Waals surface area contributed by atoms with Crippen molar-refractivity contribution in [3.8, 4) is 22.6 Å². The molecule has 0 heterocycles. The van der Waals surface area contributed by atoms with E-state index in [4.69, 9.17) is 20.0 Å². The maximum absolute atomic E-state index is 13.3. The Morgan fingerprint density at radius 3 is 2.23 bits per heavy atom. The Bertz CT molecular complexity index is 1760. The first-order chi connectivity index (χ1) is 20.9. The quantitative estimate of drug-likeness (QED) is 0.153. The molecular formula is C32H31FN4O6S. The van der Waals surface area contributed by atoms with Crippen LogP contribution >= 0.6 is 0 Å². The normalized spacial score (nSPS) is 11.7. The standard InChI is InChI=1S/C32H31FN4O6S/c1-3-21(2)37(32(39)43-27-15-11-23(12-16-27)28-9-4-5-10-29(28)44(35,40)41)20-22-7-6-8-24(19-22)30(34)36-31(38)42-26-17-13-25(33)14-18-26/h4-19,21H,3,20H2,1-2H3,(H2,34,36,38)(H2,35,40,41). The van der Waals surface area contributed by atoms with Gasteiger partial charge in [0.15, 0.2) is 0 Å². The predicted octanol–water partition coefficient (Wildman–Crippen LogP) is 6.05. The minimum absolute atomic E-state index is 0.0111. The molecule has 10 nitrogen and oxygen atoms in total. The average molecular weight is 619 g/mol. The van der Waals surface area contributed by atoms with Gasteiger partial charge in [0.05, 0.1) is 4.90 Å². The van der Waals surface area contributed by atoms with E-state index in [0.29, 0.717) is 28.7 Å². The maximum atomic E-state index is 13.3. The van der Waals surface area contributed by atoms with Crippen molar-refractivity contribution < 1.29 is 31.9 Å². The molecule has 0 aromatic heterocycles. The van der Waals surface area contributed by atoms with Crippen LogP contribution in [-0.4, -0.2) is 37.4 Å². The molecular weight excluding hydrogens is 587 g/mol. The number of amides is 2. The Morgan fingerprint density at radius 1 is 0.932 bits per heavy atom. The Labute approximate surface area is 254 Å². The van der Waals surface area contributed by atoms with Crippen molar-refractivity contribution in [2.24, 2.45) is 5.14 Å². The second-order valence-electron chi connectivity index (χ2n) is 9.86. The highest BCUT2D eigenvalue weighted by Gasteiger charge is 2.22. The smallest absolute Gasteiger partial charge is 0.410 e. The van der Waals surface area contributed by atoms with E-state index >= 15 is 0 Å². The molecule has 4 N–H and O–H groups in total. The lowest BCUT2D eigenvalue weighted by Crippen LogP contribution is -2.39. The molecule has 1 atom stereocenters. The Balaban J connectivity index is 1.44. The minimum atomic E-state index is -3.94. The lowest BCUT2D eigenvalue weighted by molar-refractivity contribution is 0.130. The van der Waals surface area contributed by atoms with E-state index in [2.05, 4.69) is 5.32 Å². The van der Waals surface area contributed by atoms with Gasteiger partial charge in [0.2, 0.25) is 10.0 Å². The molecule has 12 heteroatoms. The summed E-state index contributed by atoms with van der Waals surface area (Å²) >= 11 is 0. The number of nitrogens with one attached hydrogen (secondary N) is 2. The number of sulfonamides is 1. The average Bonchev–Trinajstić information content (AvgIpc) is 3.00. The van der Waals surface area contributed by atoms with E-state index in [-0.39, 0.29) is 34.8 Å². The zero-order valence-electron chi connectivity index (χ0n) is 24.0. The highest BCUT2D eigenvalue weighted by molar-refractivity contribution is 7.89. The zero-order valence-corrected chi connectivity index (χ0v) is 24.8. The highest BCUT2D eigenvalue weighted by atomic mass is 32.2. The van der Waals surface area contributed by atoms with E-state index in [1.165, 1.54) is 18.2 Å². The van der Waals surface area contributed by atoms with Gasteiger partial charge in [-0.25, -0.2) is 27.5 Å². The van der Waals surface area contributed by atoms with Crippen molar-refractivity contribution in [1.29, 1.82) is 5.41 Å². The van der Waals surface area contributed by atoms with E-state index < -0.39 is 28.0 Å². The van der Waals surface area contributed by atoms with Crippen LogP contribution in [0.4, 0.5) is 14.0 Å². The predicted molar refractivity (Wildman–Crippen MR) is 163 cm³/mol. The molecule has 0 bridgehead atoms. The number of benzene rings is 4. The largest absolute Gasteiger partial charge is 0.418 e. The Hall–Kier alpha value is -5.07.